The van der Waals surface area contributed by atoms with E-state index in [-0.39, 0.29) is 12.5 Å². The highest BCUT2D eigenvalue weighted by atomic mass is 32.1. The van der Waals surface area contributed by atoms with Crippen LogP contribution in [0.3, 0.4) is 0 Å². The van der Waals surface area contributed by atoms with Crippen LogP contribution in [0.1, 0.15) is 24.5 Å². The van der Waals surface area contributed by atoms with Gasteiger partial charge in [-0.2, -0.15) is 0 Å². The molecule has 1 rings (SSSR count). The van der Waals surface area contributed by atoms with Gasteiger partial charge in [0.25, 0.3) is 0 Å². The third kappa shape index (κ3) is 3.02. The van der Waals surface area contributed by atoms with Crippen molar-refractivity contribution in [1.29, 1.82) is 0 Å². The van der Waals surface area contributed by atoms with Crippen molar-refractivity contribution in [2.24, 2.45) is 11.1 Å². The maximum atomic E-state index is 11.8. The minimum atomic E-state index is -0.666. The molecule has 5 heteroatoms. The van der Waals surface area contributed by atoms with Crippen molar-refractivity contribution in [2.45, 2.75) is 27.2 Å². The van der Waals surface area contributed by atoms with Crippen LogP contribution < -0.4 is 5.73 Å². The highest BCUT2D eigenvalue weighted by Crippen LogP contribution is 2.25. The molecule has 0 aliphatic rings. The van der Waals surface area contributed by atoms with E-state index in [1.807, 2.05) is 19.2 Å². The highest BCUT2D eigenvalue weighted by molar-refractivity contribution is 7.09. The normalized spacial score (nSPS) is 14.5. The van der Waals surface area contributed by atoms with E-state index in [4.69, 9.17) is 10.5 Å². The fourth-order valence-electron chi connectivity index (χ4n) is 1.35. The molecule has 1 atom stereocenters. The molecular weight excluding hydrogens is 224 g/mol. The van der Waals surface area contributed by atoms with Crippen LogP contribution in [0.15, 0.2) is 5.38 Å². The number of thiazole rings is 1. The summed E-state index contributed by atoms with van der Waals surface area (Å²) in [5.41, 5.74) is 5.98. The van der Waals surface area contributed by atoms with Gasteiger partial charge in [0.1, 0.15) is 0 Å². The Balaban J connectivity index is 2.77. The fraction of sp³-hybridized carbons (Fsp3) is 0.636. The summed E-state index contributed by atoms with van der Waals surface area (Å²) >= 11 is 1.55. The molecule has 0 aromatic carbocycles. The number of aryl methyl sites for hydroxylation is 1. The number of esters is 1. The van der Waals surface area contributed by atoms with Gasteiger partial charge in [0, 0.05) is 24.0 Å². The van der Waals surface area contributed by atoms with Gasteiger partial charge in [0.05, 0.1) is 17.0 Å². The Morgan fingerprint density at radius 2 is 2.38 bits per heavy atom. The van der Waals surface area contributed by atoms with E-state index in [0.29, 0.717) is 13.0 Å². The maximum Gasteiger partial charge on any atom is 0.313 e. The monoisotopic (exact) mass is 242 g/mol. The molecule has 1 unspecified atom stereocenters. The molecule has 1 aromatic rings. The number of carbonyl (C=O) groups excluding carboxylic acids is 1. The molecule has 0 spiro atoms. The number of nitrogens with zero attached hydrogens (tertiary/aromatic N) is 1. The van der Waals surface area contributed by atoms with Crippen LogP contribution in [0.5, 0.6) is 0 Å². The zero-order chi connectivity index (χ0) is 12.2. The van der Waals surface area contributed by atoms with Crippen molar-refractivity contribution in [3.63, 3.8) is 0 Å². The number of nitrogens with two attached hydrogens (primary N) is 1. The summed E-state index contributed by atoms with van der Waals surface area (Å²) < 4.78 is 5.03. The molecule has 4 nitrogen and oxygen atoms in total. The summed E-state index contributed by atoms with van der Waals surface area (Å²) in [7, 11) is 0. The molecule has 0 saturated heterocycles. The van der Waals surface area contributed by atoms with Gasteiger partial charge < -0.3 is 10.5 Å². The van der Waals surface area contributed by atoms with Gasteiger partial charge in [-0.15, -0.1) is 11.3 Å². The molecular formula is C11H18N2O2S. The Hall–Kier alpha value is -0.940. The Bertz CT molecular complexity index is 365. The van der Waals surface area contributed by atoms with E-state index < -0.39 is 5.41 Å². The first-order valence-electron chi connectivity index (χ1n) is 5.30. The predicted octanol–water partition coefficient (Wildman–Crippen LogP) is 1.52. The third-order valence-corrected chi connectivity index (χ3v) is 3.39. The van der Waals surface area contributed by atoms with Crippen LogP contribution in [0.2, 0.25) is 0 Å². The van der Waals surface area contributed by atoms with Crippen molar-refractivity contribution in [2.75, 3.05) is 13.2 Å². The summed E-state index contributed by atoms with van der Waals surface area (Å²) in [5, 5.41) is 2.90. The van der Waals surface area contributed by atoms with Gasteiger partial charge in [-0.25, -0.2) is 4.98 Å². The van der Waals surface area contributed by atoms with Crippen molar-refractivity contribution < 1.29 is 9.53 Å². The lowest BCUT2D eigenvalue weighted by atomic mass is 9.87. The van der Waals surface area contributed by atoms with Crippen LogP contribution in [0, 0.1) is 12.3 Å². The number of rotatable bonds is 5. The Kier molecular flexibility index (Phi) is 4.44. The van der Waals surface area contributed by atoms with Gasteiger partial charge in [-0.05, 0) is 20.8 Å². The van der Waals surface area contributed by atoms with E-state index in [2.05, 4.69) is 4.98 Å². The van der Waals surface area contributed by atoms with Crippen molar-refractivity contribution in [3.05, 3.63) is 16.1 Å². The van der Waals surface area contributed by atoms with Crippen LogP contribution in [-0.2, 0) is 16.0 Å². The maximum absolute atomic E-state index is 11.8. The quantitative estimate of drug-likeness (QED) is 0.795. The Labute approximate surface area is 99.8 Å². The molecule has 0 saturated carbocycles. The van der Waals surface area contributed by atoms with Gasteiger partial charge >= 0.3 is 5.97 Å². The van der Waals surface area contributed by atoms with E-state index in [1.165, 1.54) is 0 Å². The topological polar surface area (TPSA) is 65.2 Å². The van der Waals surface area contributed by atoms with Crippen LogP contribution in [-0.4, -0.2) is 24.1 Å². The molecule has 1 aromatic heterocycles. The molecule has 2 N–H and O–H groups in total. The molecule has 16 heavy (non-hydrogen) atoms. The number of aromatic nitrogens is 1. The first kappa shape index (κ1) is 13.1. The molecule has 0 aliphatic carbocycles. The zero-order valence-electron chi connectivity index (χ0n) is 9.95. The fourth-order valence-corrected chi connectivity index (χ4v) is 2.31. The number of ether oxygens (including phenoxy) is 1. The molecule has 0 aliphatic heterocycles. The molecule has 0 radical (unpaired) electrons. The van der Waals surface area contributed by atoms with Gasteiger partial charge in [0.15, 0.2) is 0 Å². The summed E-state index contributed by atoms with van der Waals surface area (Å²) in [6, 6.07) is 0. The Morgan fingerprint density at radius 1 is 1.69 bits per heavy atom. The van der Waals surface area contributed by atoms with Crippen LogP contribution >= 0.6 is 11.3 Å². The average molecular weight is 242 g/mol. The average Bonchev–Trinajstić information content (AvgIpc) is 2.64. The Morgan fingerprint density at radius 3 is 2.81 bits per heavy atom. The first-order chi connectivity index (χ1) is 7.51. The minimum absolute atomic E-state index is 0.245. The lowest BCUT2D eigenvalue weighted by Gasteiger charge is -2.24. The second-order valence-corrected chi connectivity index (χ2v) is 4.99. The van der Waals surface area contributed by atoms with Gasteiger partial charge in [-0.3, -0.25) is 4.79 Å². The van der Waals surface area contributed by atoms with E-state index in [9.17, 15) is 4.79 Å². The largest absolute Gasteiger partial charge is 0.466 e. The van der Waals surface area contributed by atoms with Crippen molar-refractivity contribution in [1.82, 2.24) is 4.98 Å². The minimum Gasteiger partial charge on any atom is -0.466 e. The second-order valence-electron chi connectivity index (χ2n) is 4.04. The zero-order valence-corrected chi connectivity index (χ0v) is 10.8. The lowest BCUT2D eigenvalue weighted by molar-refractivity contribution is -0.153. The van der Waals surface area contributed by atoms with E-state index in [1.54, 1.807) is 18.3 Å². The van der Waals surface area contributed by atoms with Gasteiger partial charge in [-0.1, -0.05) is 0 Å². The molecule has 0 fully saturated rings. The standard InChI is InChI=1S/C11H18N2O2S/c1-4-15-10(14)11(3,7-12)5-9-13-8(2)6-16-9/h6H,4-5,7,12H2,1-3H3. The van der Waals surface area contributed by atoms with Crippen molar-refractivity contribution >= 4 is 17.3 Å². The molecule has 90 valence electrons. The van der Waals surface area contributed by atoms with Crippen molar-refractivity contribution in [3.8, 4) is 0 Å². The summed E-state index contributed by atoms with van der Waals surface area (Å²) in [6.07, 6.45) is 0.542. The molecule has 1 heterocycles. The highest BCUT2D eigenvalue weighted by Gasteiger charge is 2.34. The summed E-state index contributed by atoms with van der Waals surface area (Å²) in [6.45, 7) is 6.20. The smallest absolute Gasteiger partial charge is 0.313 e. The molecule has 0 bridgehead atoms. The van der Waals surface area contributed by atoms with E-state index >= 15 is 0 Å². The van der Waals surface area contributed by atoms with Crippen LogP contribution in [0.25, 0.3) is 0 Å². The van der Waals surface area contributed by atoms with Gasteiger partial charge in [0.2, 0.25) is 0 Å². The number of hydrogen-bond donors (Lipinski definition) is 1. The number of hydrogen-bond acceptors (Lipinski definition) is 5. The summed E-state index contributed by atoms with van der Waals surface area (Å²) in [4.78, 5) is 16.1. The number of carbonyl (C=O) groups is 1. The summed E-state index contributed by atoms with van der Waals surface area (Å²) in [5.74, 6) is -0.245. The SMILES string of the molecule is CCOC(=O)C(C)(CN)Cc1nc(C)cs1. The first-order valence-corrected chi connectivity index (χ1v) is 6.18. The van der Waals surface area contributed by atoms with E-state index in [0.717, 1.165) is 10.7 Å². The predicted molar refractivity (Wildman–Crippen MR) is 64.3 cm³/mol. The lowest BCUT2D eigenvalue weighted by Crippen LogP contribution is -2.39. The molecule has 0 amide bonds. The second kappa shape index (κ2) is 5.41. The third-order valence-electron chi connectivity index (χ3n) is 2.43. The van der Waals surface area contributed by atoms with Crippen LogP contribution in [0.4, 0.5) is 0 Å².